The molecule has 13 heavy (non-hydrogen) atoms. The summed E-state index contributed by atoms with van der Waals surface area (Å²) in [4.78, 5) is 3.89. The lowest BCUT2D eigenvalue weighted by molar-refractivity contribution is 0.613. The summed E-state index contributed by atoms with van der Waals surface area (Å²) in [5.41, 5.74) is 1.33. The van der Waals surface area contributed by atoms with E-state index in [2.05, 4.69) is 34.3 Å². The number of hydrogen-bond donors (Lipinski definition) is 0. The fraction of sp³-hybridized carbons (Fsp3) is 0.200. The molecule has 3 nitrogen and oxygen atoms in total. The van der Waals surface area contributed by atoms with Gasteiger partial charge in [0.1, 0.15) is 12.7 Å². The molecule has 0 radical (unpaired) electrons. The van der Waals surface area contributed by atoms with E-state index in [9.17, 15) is 0 Å². The molecule has 0 aliphatic carbocycles. The van der Waals surface area contributed by atoms with Crippen molar-refractivity contribution in [3.05, 3.63) is 48.5 Å². The van der Waals surface area contributed by atoms with Crippen molar-refractivity contribution in [2.45, 2.75) is 13.0 Å². The van der Waals surface area contributed by atoms with Crippen molar-refractivity contribution in [1.29, 1.82) is 0 Å². The van der Waals surface area contributed by atoms with Gasteiger partial charge < -0.3 is 0 Å². The summed E-state index contributed by atoms with van der Waals surface area (Å²) in [5, 5.41) is 4.04. The van der Waals surface area contributed by atoms with E-state index in [1.54, 1.807) is 12.7 Å². The fourth-order valence-corrected chi connectivity index (χ4v) is 1.24. The Morgan fingerprint density at radius 2 is 2.00 bits per heavy atom. The van der Waals surface area contributed by atoms with E-state index in [-0.39, 0.29) is 0 Å². The van der Waals surface area contributed by atoms with Gasteiger partial charge in [-0.05, 0) is 12.0 Å². The van der Waals surface area contributed by atoms with Gasteiger partial charge in [0.2, 0.25) is 0 Å². The van der Waals surface area contributed by atoms with Gasteiger partial charge in [-0.3, -0.25) is 4.68 Å². The molecule has 0 unspecified atom stereocenters. The SMILES string of the molecule is c1ccc(CCn2cncn2)cc1. The lowest BCUT2D eigenvalue weighted by Crippen LogP contribution is -2.01. The second-order valence-corrected chi connectivity index (χ2v) is 2.89. The van der Waals surface area contributed by atoms with Gasteiger partial charge in [-0.25, -0.2) is 4.98 Å². The average molecular weight is 173 g/mol. The Labute approximate surface area is 77.0 Å². The van der Waals surface area contributed by atoms with Gasteiger partial charge in [0.05, 0.1) is 0 Å². The summed E-state index contributed by atoms with van der Waals surface area (Å²) in [7, 11) is 0. The summed E-state index contributed by atoms with van der Waals surface area (Å²) in [6.07, 6.45) is 4.30. The first-order valence-corrected chi connectivity index (χ1v) is 4.31. The second-order valence-electron chi connectivity index (χ2n) is 2.89. The highest BCUT2D eigenvalue weighted by Gasteiger charge is 1.93. The van der Waals surface area contributed by atoms with E-state index in [0.717, 1.165) is 13.0 Å². The first-order chi connectivity index (χ1) is 6.45. The third-order valence-corrected chi connectivity index (χ3v) is 1.94. The fourth-order valence-electron chi connectivity index (χ4n) is 1.24. The van der Waals surface area contributed by atoms with Crippen molar-refractivity contribution in [3.63, 3.8) is 0 Å². The molecule has 0 fully saturated rings. The molecule has 66 valence electrons. The first kappa shape index (κ1) is 7.98. The number of hydrogen-bond acceptors (Lipinski definition) is 2. The topological polar surface area (TPSA) is 30.7 Å². The predicted octanol–water partition coefficient (Wildman–Crippen LogP) is 1.52. The van der Waals surface area contributed by atoms with E-state index in [1.807, 2.05) is 10.7 Å². The van der Waals surface area contributed by atoms with Crippen LogP contribution in [0.2, 0.25) is 0 Å². The highest BCUT2D eigenvalue weighted by Crippen LogP contribution is 2.00. The standard InChI is InChI=1S/C10H11N3/c1-2-4-10(5-3-1)6-7-13-9-11-8-12-13/h1-5,8-9H,6-7H2. The predicted molar refractivity (Wildman–Crippen MR) is 50.2 cm³/mol. The summed E-state index contributed by atoms with van der Waals surface area (Å²) < 4.78 is 1.84. The normalized spacial score (nSPS) is 10.2. The van der Waals surface area contributed by atoms with Crippen LogP contribution in [0.5, 0.6) is 0 Å². The maximum atomic E-state index is 4.04. The molecular weight excluding hydrogens is 162 g/mol. The summed E-state index contributed by atoms with van der Waals surface area (Å²) in [5.74, 6) is 0. The molecule has 0 saturated carbocycles. The van der Waals surface area contributed by atoms with Crippen LogP contribution in [0.4, 0.5) is 0 Å². The van der Waals surface area contributed by atoms with Crippen LogP contribution in [-0.4, -0.2) is 14.8 Å². The van der Waals surface area contributed by atoms with E-state index >= 15 is 0 Å². The molecule has 1 aromatic carbocycles. The third kappa shape index (κ3) is 2.15. The second kappa shape index (κ2) is 3.85. The zero-order valence-electron chi connectivity index (χ0n) is 7.30. The smallest absolute Gasteiger partial charge is 0.137 e. The minimum atomic E-state index is 0.893. The molecular formula is C10H11N3. The van der Waals surface area contributed by atoms with Gasteiger partial charge >= 0.3 is 0 Å². The largest absolute Gasteiger partial charge is 0.253 e. The maximum absolute atomic E-state index is 4.04. The zero-order valence-corrected chi connectivity index (χ0v) is 7.30. The van der Waals surface area contributed by atoms with Crippen molar-refractivity contribution in [2.75, 3.05) is 0 Å². The first-order valence-electron chi connectivity index (χ1n) is 4.31. The molecule has 1 aromatic heterocycles. The molecule has 0 amide bonds. The Hall–Kier alpha value is -1.64. The van der Waals surface area contributed by atoms with Gasteiger partial charge in [0.25, 0.3) is 0 Å². The van der Waals surface area contributed by atoms with E-state index in [4.69, 9.17) is 0 Å². The monoisotopic (exact) mass is 173 g/mol. The molecule has 0 aliphatic rings. The van der Waals surface area contributed by atoms with Crippen molar-refractivity contribution < 1.29 is 0 Å². The van der Waals surface area contributed by atoms with Crippen molar-refractivity contribution >= 4 is 0 Å². The summed E-state index contributed by atoms with van der Waals surface area (Å²) >= 11 is 0. The van der Waals surface area contributed by atoms with Crippen LogP contribution in [0, 0.1) is 0 Å². The third-order valence-electron chi connectivity index (χ3n) is 1.94. The molecule has 0 bridgehead atoms. The number of rotatable bonds is 3. The van der Waals surface area contributed by atoms with Crippen LogP contribution in [-0.2, 0) is 13.0 Å². The number of aryl methyl sites for hydroxylation is 2. The molecule has 2 aromatic rings. The minimum Gasteiger partial charge on any atom is -0.253 e. The van der Waals surface area contributed by atoms with Crippen molar-refractivity contribution in [1.82, 2.24) is 14.8 Å². The summed E-state index contributed by atoms with van der Waals surface area (Å²) in [6, 6.07) is 10.4. The maximum Gasteiger partial charge on any atom is 0.137 e. The number of benzene rings is 1. The Bertz CT molecular complexity index is 340. The molecule has 3 heteroatoms. The van der Waals surface area contributed by atoms with E-state index in [1.165, 1.54) is 5.56 Å². The van der Waals surface area contributed by atoms with Gasteiger partial charge in [-0.15, -0.1) is 0 Å². The summed E-state index contributed by atoms with van der Waals surface area (Å²) in [6.45, 7) is 0.893. The average Bonchev–Trinajstić information content (AvgIpc) is 2.69. The van der Waals surface area contributed by atoms with E-state index in [0.29, 0.717) is 0 Å². The Kier molecular flexibility index (Phi) is 2.36. The van der Waals surface area contributed by atoms with Crippen LogP contribution < -0.4 is 0 Å². The Balaban J connectivity index is 1.94. The van der Waals surface area contributed by atoms with Crippen LogP contribution in [0.15, 0.2) is 43.0 Å². The van der Waals surface area contributed by atoms with Gasteiger partial charge in [0.15, 0.2) is 0 Å². The van der Waals surface area contributed by atoms with Crippen LogP contribution in [0.1, 0.15) is 5.56 Å². The molecule has 0 aliphatic heterocycles. The van der Waals surface area contributed by atoms with Gasteiger partial charge in [-0.1, -0.05) is 30.3 Å². The van der Waals surface area contributed by atoms with Gasteiger partial charge in [0, 0.05) is 6.54 Å². The van der Waals surface area contributed by atoms with Crippen LogP contribution in [0.3, 0.4) is 0 Å². The highest BCUT2D eigenvalue weighted by molar-refractivity contribution is 5.14. The lowest BCUT2D eigenvalue weighted by Gasteiger charge is -2.00. The highest BCUT2D eigenvalue weighted by atomic mass is 15.3. The minimum absolute atomic E-state index is 0.893. The quantitative estimate of drug-likeness (QED) is 0.704. The molecule has 0 N–H and O–H groups in total. The van der Waals surface area contributed by atoms with E-state index < -0.39 is 0 Å². The Morgan fingerprint density at radius 1 is 1.15 bits per heavy atom. The zero-order chi connectivity index (χ0) is 8.93. The Morgan fingerprint density at radius 3 is 2.69 bits per heavy atom. The molecule has 0 spiro atoms. The molecule has 0 atom stereocenters. The molecule has 1 heterocycles. The van der Waals surface area contributed by atoms with Crippen LogP contribution in [0.25, 0.3) is 0 Å². The number of aromatic nitrogens is 3. The lowest BCUT2D eigenvalue weighted by atomic mass is 10.2. The van der Waals surface area contributed by atoms with Crippen LogP contribution >= 0.6 is 0 Å². The molecule has 2 rings (SSSR count). The van der Waals surface area contributed by atoms with Crippen molar-refractivity contribution in [2.24, 2.45) is 0 Å². The number of nitrogens with zero attached hydrogens (tertiary/aromatic N) is 3. The van der Waals surface area contributed by atoms with Crippen molar-refractivity contribution in [3.8, 4) is 0 Å². The van der Waals surface area contributed by atoms with Gasteiger partial charge in [-0.2, -0.15) is 5.10 Å². The molecule has 0 saturated heterocycles.